The highest BCUT2D eigenvalue weighted by molar-refractivity contribution is 6.30. The van der Waals surface area contributed by atoms with E-state index >= 15 is 0 Å². The molecular formula is C16H14ClF6NO3. The van der Waals surface area contributed by atoms with E-state index in [1.54, 1.807) is 0 Å². The predicted molar refractivity (Wildman–Crippen MR) is 81.6 cm³/mol. The number of hydrogen-bond acceptors (Lipinski definition) is 4. The summed E-state index contributed by atoms with van der Waals surface area (Å²) in [5.74, 6) is -8.79. The van der Waals surface area contributed by atoms with Crippen molar-refractivity contribution in [2.45, 2.75) is 25.4 Å². The van der Waals surface area contributed by atoms with Crippen molar-refractivity contribution in [3.05, 3.63) is 34.3 Å². The Labute approximate surface area is 155 Å². The van der Waals surface area contributed by atoms with Crippen LogP contribution in [0.2, 0.25) is 0 Å². The molecule has 1 fully saturated rings. The molecule has 1 saturated carbocycles. The third kappa shape index (κ3) is 2.94. The summed E-state index contributed by atoms with van der Waals surface area (Å²) in [6.45, 7) is 2.55. The van der Waals surface area contributed by atoms with Gasteiger partial charge in [0.2, 0.25) is 0 Å². The molecule has 0 N–H and O–H groups in total. The Morgan fingerprint density at radius 1 is 1.19 bits per heavy atom. The fourth-order valence-electron chi connectivity index (χ4n) is 3.48. The smallest absolute Gasteiger partial charge is 0.426 e. The van der Waals surface area contributed by atoms with Gasteiger partial charge in [-0.1, -0.05) is 31.5 Å². The van der Waals surface area contributed by atoms with Crippen LogP contribution in [0, 0.1) is 28.9 Å². The van der Waals surface area contributed by atoms with Crippen LogP contribution in [0.3, 0.4) is 0 Å². The molecule has 1 heterocycles. The van der Waals surface area contributed by atoms with E-state index in [2.05, 4.69) is 14.5 Å². The first-order valence-corrected chi connectivity index (χ1v) is 7.78. The number of rotatable bonds is 4. The number of hydrogen-bond donors (Lipinski definition) is 0. The number of halogens is 7. The summed E-state index contributed by atoms with van der Waals surface area (Å²) in [4.78, 5) is 15.4. The van der Waals surface area contributed by atoms with Gasteiger partial charge in [0.15, 0.2) is 11.6 Å². The lowest BCUT2D eigenvalue weighted by Gasteiger charge is -2.20. The fourth-order valence-corrected chi connectivity index (χ4v) is 3.61. The van der Waals surface area contributed by atoms with Crippen molar-refractivity contribution in [3.63, 3.8) is 0 Å². The van der Waals surface area contributed by atoms with Gasteiger partial charge < -0.3 is 9.47 Å². The summed E-state index contributed by atoms with van der Waals surface area (Å²) in [6, 6.07) is 0. The number of aromatic nitrogens is 1. The van der Waals surface area contributed by atoms with Crippen molar-refractivity contribution in [3.8, 4) is 5.88 Å². The molecule has 150 valence electrons. The lowest BCUT2D eigenvalue weighted by molar-refractivity contribution is -0.145. The van der Waals surface area contributed by atoms with Crippen LogP contribution in [0.4, 0.5) is 26.3 Å². The maximum absolute atomic E-state index is 14.8. The number of esters is 1. The van der Waals surface area contributed by atoms with Crippen molar-refractivity contribution in [1.29, 1.82) is 0 Å². The number of carbonyl (C=O) groups is 1. The zero-order valence-corrected chi connectivity index (χ0v) is 15.2. The molecule has 0 radical (unpaired) electrons. The predicted octanol–water partition coefficient (Wildman–Crippen LogP) is 4.26. The number of alkyl halides is 3. The quantitative estimate of drug-likeness (QED) is 0.417. The molecular weight excluding hydrogens is 404 g/mol. The number of ether oxygens (including phenoxy) is 2. The molecule has 1 aliphatic rings. The van der Waals surface area contributed by atoms with Gasteiger partial charge in [0.05, 0.1) is 19.8 Å². The molecule has 0 unspecified atom stereocenters. The van der Waals surface area contributed by atoms with Gasteiger partial charge in [-0.3, -0.25) is 4.79 Å². The van der Waals surface area contributed by atoms with Crippen LogP contribution in [-0.2, 0) is 14.9 Å². The van der Waals surface area contributed by atoms with E-state index in [1.807, 2.05) is 0 Å². The monoisotopic (exact) mass is 417 g/mol. The van der Waals surface area contributed by atoms with Gasteiger partial charge >= 0.3 is 12.1 Å². The van der Waals surface area contributed by atoms with Gasteiger partial charge in [-0.25, -0.2) is 8.78 Å². The van der Waals surface area contributed by atoms with E-state index in [1.165, 1.54) is 13.8 Å². The van der Waals surface area contributed by atoms with Gasteiger partial charge in [0.25, 0.3) is 11.8 Å². The second-order valence-electron chi connectivity index (χ2n) is 6.43. The molecule has 0 aliphatic heterocycles. The summed E-state index contributed by atoms with van der Waals surface area (Å²) in [5.41, 5.74) is -4.93. The van der Waals surface area contributed by atoms with Gasteiger partial charge in [0.1, 0.15) is 10.4 Å². The van der Waals surface area contributed by atoms with Crippen molar-refractivity contribution in [1.82, 2.24) is 4.98 Å². The fraction of sp³-hybridized carbons (Fsp3) is 0.500. The third-order valence-corrected chi connectivity index (χ3v) is 5.20. The van der Waals surface area contributed by atoms with Crippen LogP contribution >= 0.6 is 11.6 Å². The highest BCUT2D eigenvalue weighted by atomic mass is 35.5. The number of allylic oxidation sites excluding steroid dienone is 2. The van der Waals surface area contributed by atoms with E-state index in [4.69, 9.17) is 11.6 Å². The van der Waals surface area contributed by atoms with Gasteiger partial charge in [0, 0.05) is 5.92 Å². The minimum Gasteiger partial charge on any atom is -0.479 e. The maximum Gasteiger partial charge on any atom is 0.426 e. The molecule has 0 amide bonds. The Kier molecular flexibility index (Phi) is 5.19. The normalized spacial score (nSPS) is 24.6. The first-order chi connectivity index (χ1) is 12.3. The van der Waals surface area contributed by atoms with Crippen LogP contribution < -0.4 is 4.74 Å². The molecule has 4 nitrogen and oxygen atoms in total. The van der Waals surface area contributed by atoms with Crippen LogP contribution in [0.15, 0.2) is 11.1 Å². The number of pyridine rings is 1. The van der Waals surface area contributed by atoms with E-state index < -0.39 is 63.0 Å². The average molecular weight is 418 g/mol. The first-order valence-electron chi connectivity index (χ1n) is 7.40. The van der Waals surface area contributed by atoms with Crippen molar-refractivity contribution in [2.24, 2.45) is 11.3 Å². The molecule has 1 aliphatic carbocycles. The largest absolute Gasteiger partial charge is 0.479 e. The minimum absolute atomic E-state index is 0.460. The summed E-state index contributed by atoms with van der Waals surface area (Å²) in [7, 11) is 1.81. The topological polar surface area (TPSA) is 48.4 Å². The summed E-state index contributed by atoms with van der Waals surface area (Å²) < 4.78 is 90.6. The van der Waals surface area contributed by atoms with Gasteiger partial charge in [-0.05, 0) is 5.41 Å². The number of methoxy groups -OCH3 is 2. The molecule has 0 bridgehead atoms. The second kappa shape index (κ2) is 6.57. The number of carbonyl (C=O) groups excluding carboxylic acids is 1. The zero-order valence-electron chi connectivity index (χ0n) is 14.5. The van der Waals surface area contributed by atoms with E-state index in [0.717, 1.165) is 14.2 Å². The van der Waals surface area contributed by atoms with Crippen molar-refractivity contribution in [2.75, 3.05) is 14.2 Å². The highest BCUT2D eigenvalue weighted by Gasteiger charge is 2.78. The average Bonchev–Trinajstić information content (AvgIpc) is 3.05. The molecule has 2 rings (SSSR count). The molecule has 1 aromatic rings. The minimum atomic E-state index is -4.94. The zero-order chi connectivity index (χ0) is 20.9. The van der Waals surface area contributed by atoms with Crippen LogP contribution in [0.25, 0.3) is 0 Å². The summed E-state index contributed by atoms with van der Waals surface area (Å²) in [5, 5.41) is -1.59. The Bertz CT molecular complexity index is 823. The van der Waals surface area contributed by atoms with E-state index in [0.29, 0.717) is 6.08 Å². The molecule has 2 atom stereocenters. The molecule has 1 aromatic heterocycles. The van der Waals surface area contributed by atoms with E-state index in [9.17, 15) is 31.1 Å². The molecule has 0 spiro atoms. The van der Waals surface area contributed by atoms with E-state index in [-0.39, 0.29) is 0 Å². The highest BCUT2D eigenvalue weighted by Crippen LogP contribution is 2.72. The van der Waals surface area contributed by atoms with Crippen LogP contribution in [0.1, 0.15) is 19.4 Å². The third-order valence-electron chi connectivity index (χ3n) is 4.86. The molecule has 0 saturated heterocycles. The van der Waals surface area contributed by atoms with Gasteiger partial charge in [-0.2, -0.15) is 22.5 Å². The van der Waals surface area contributed by atoms with Crippen molar-refractivity contribution >= 4 is 17.6 Å². The number of nitrogens with zero attached hydrogens (tertiary/aromatic N) is 1. The molecule has 0 aromatic carbocycles. The SMILES string of the molecule is COC(=O)[C@]1(c2c(F)c(F)nc(OC)c2F)[C@H](C=C(Cl)C(F)(F)F)C1(C)C. The standard InChI is InChI=1S/C16H14ClF6NO3/c1-14(2)6(5-7(17)16(21,22)23)15(14,13(25)27-4)8-9(18)11(20)24-12(26-3)10(8)19/h5-6H,1-4H3/t6-,15-/m1/s1. The Hall–Kier alpha value is -1.97. The summed E-state index contributed by atoms with van der Waals surface area (Å²) >= 11 is 5.24. The molecule has 27 heavy (non-hydrogen) atoms. The summed E-state index contributed by atoms with van der Waals surface area (Å²) in [6.07, 6.45) is -4.48. The van der Waals surface area contributed by atoms with Crippen LogP contribution in [0.5, 0.6) is 5.88 Å². The Morgan fingerprint density at radius 3 is 2.19 bits per heavy atom. The van der Waals surface area contributed by atoms with Crippen molar-refractivity contribution < 1.29 is 40.6 Å². The molecule has 11 heteroatoms. The first kappa shape index (κ1) is 21.3. The lowest BCUT2D eigenvalue weighted by atomic mass is 9.87. The maximum atomic E-state index is 14.8. The van der Waals surface area contributed by atoms with Gasteiger partial charge in [-0.15, -0.1) is 0 Å². The Balaban J connectivity index is 2.83. The van der Waals surface area contributed by atoms with Crippen LogP contribution in [-0.4, -0.2) is 31.3 Å². The second-order valence-corrected chi connectivity index (χ2v) is 6.83. The lowest BCUT2D eigenvalue weighted by Crippen LogP contribution is -2.31. The Morgan fingerprint density at radius 2 is 1.74 bits per heavy atom.